The molecule has 25 heavy (non-hydrogen) atoms. The van der Waals surface area contributed by atoms with Gasteiger partial charge >= 0.3 is 0 Å². The van der Waals surface area contributed by atoms with E-state index < -0.39 is 10.0 Å². The third-order valence-corrected chi connectivity index (χ3v) is 6.73. The van der Waals surface area contributed by atoms with Crippen LogP contribution in [0.15, 0.2) is 41.3 Å². The lowest BCUT2D eigenvalue weighted by Gasteiger charge is -2.34. The highest BCUT2D eigenvalue weighted by Crippen LogP contribution is 2.37. The van der Waals surface area contributed by atoms with Gasteiger partial charge in [0.1, 0.15) is 16.4 Å². The molecule has 1 unspecified atom stereocenters. The van der Waals surface area contributed by atoms with Crippen molar-refractivity contribution in [2.45, 2.75) is 31.2 Å². The van der Waals surface area contributed by atoms with Crippen molar-refractivity contribution in [3.05, 3.63) is 53.1 Å². The molecule has 6 heteroatoms. The van der Waals surface area contributed by atoms with Gasteiger partial charge in [-0.15, -0.1) is 0 Å². The summed E-state index contributed by atoms with van der Waals surface area (Å²) in [6.45, 7) is 4.23. The average molecular weight is 361 g/mol. The molecule has 1 heterocycles. The molecule has 0 spiro atoms. The molecule has 0 bridgehead atoms. The van der Waals surface area contributed by atoms with Crippen LogP contribution in [0.25, 0.3) is 0 Å². The molecule has 1 aliphatic rings. The maximum atomic E-state index is 13.3. The second kappa shape index (κ2) is 6.69. The molecule has 0 N–H and O–H groups in total. The van der Waals surface area contributed by atoms with Crippen molar-refractivity contribution < 1.29 is 17.9 Å². The molecule has 0 saturated heterocycles. The molecule has 5 nitrogen and oxygen atoms in total. The van der Waals surface area contributed by atoms with E-state index in [-0.39, 0.29) is 10.9 Å². The third kappa shape index (κ3) is 3.12. The van der Waals surface area contributed by atoms with Crippen molar-refractivity contribution in [2.24, 2.45) is 0 Å². The Morgan fingerprint density at radius 3 is 2.52 bits per heavy atom. The minimum atomic E-state index is -3.66. The summed E-state index contributed by atoms with van der Waals surface area (Å²) in [5, 5.41) is 0. The maximum absolute atomic E-state index is 13.3. The van der Waals surface area contributed by atoms with E-state index in [9.17, 15) is 8.42 Å². The second-order valence-corrected chi connectivity index (χ2v) is 8.12. The summed E-state index contributed by atoms with van der Waals surface area (Å²) in [5.41, 5.74) is 3.03. The van der Waals surface area contributed by atoms with Gasteiger partial charge < -0.3 is 9.47 Å². The number of fused-ring (bicyclic) bond motifs is 1. The highest BCUT2D eigenvalue weighted by molar-refractivity contribution is 7.89. The van der Waals surface area contributed by atoms with Crippen LogP contribution in [0.4, 0.5) is 0 Å². The largest absolute Gasteiger partial charge is 0.497 e. The first-order valence-electron chi connectivity index (χ1n) is 8.21. The van der Waals surface area contributed by atoms with Crippen LogP contribution in [0.1, 0.15) is 29.7 Å². The van der Waals surface area contributed by atoms with Gasteiger partial charge in [0, 0.05) is 12.6 Å². The number of aryl methyl sites for hydroxylation is 1. The number of hydrogen-bond donors (Lipinski definition) is 0. The van der Waals surface area contributed by atoms with Crippen molar-refractivity contribution in [2.75, 3.05) is 20.8 Å². The minimum Gasteiger partial charge on any atom is -0.497 e. The lowest BCUT2D eigenvalue weighted by Crippen LogP contribution is -2.39. The van der Waals surface area contributed by atoms with Crippen molar-refractivity contribution in [3.63, 3.8) is 0 Å². The Labute approximate surface area is 149 Å². The molecular weight excluding hydrogens is 338 g/mol. The number of hydrogen-bond acceptors (Lipinski definition) is 4. The Balaban J connectivity index is 2.03. The van der Waals surface area contributed by atoms with Gasteiger partial charge in [0.05, 0.1) is 14.2 Å². The van der Waals surface area contributed by atoms with Crippen molar-refractivity contribution in [1.82, 2.24) is 4.31 Å². The Hall–Kier alpha value is -2.05. The van der Waals surface area contributed by atoms with Crippen LogP contribution in [0.3, 0.4) is 0 Å². The fraction of sp³-hybridized carbons (Fsp3) is 0.368. The molecule has 134 valence electrons. The predicted molar refractivity (Wildman–Crippen MR) is 96.7 cm³/mol. The summed E-state index contributed by atoms with van der Waals surface area (Å²) in [6.07, 6.45) is 0.657. The quantitative estimate of drug-likeness (QED) is 0.838. The number of benzene rings is 2. The number of ether oxygens (including phenoxy) is 2. The molecular formula is C19H23NO4S. The zero-order valence-corrected chi connectivity index (χ0v) is 15.8. The van der Waals surface area contributed by atoms with Crippen LogP contribution in [0.2, 0.25) is 0 Å². The topological polar surface area (TPSA) is 55.8 Å². The molecule has 0 radical (unpaired) electrons. The van der Waals surface area contributed by atoms with Crippen molar-refractivity contribution in [3.8, 4) is 11.5 Å². The monoisotopic (exact) mass is 361 g/mol. The summed E-state index contributed by atoms with van der Waals surface area (Å²) in [7, 11) is -0.533. The van der Waals surface area contributed by atoms with E-state index in [0.717, 1.165) is 22.4 Å². The summed E-state index contributed by atoms with van der Waals surface area (Å²) in [5.74, 6) is 1.17. The van der Waals surface area contributed by atoms with E-state index in [1.165, 1.54) is 7.11 Å². The first kappa shape index (κ1) is 17.8. The molecule has 0 aromatic heterocycles. The van der Waals surface area contributed by atoms with Gasteiger partial charge in [0.15, 0.2) is 0 Å². The first-order chi connectivity index (χ1) is 11.9. The van der Waals surface area contributed by atoms with Crippen LogP contribution in [-0.2, 0) is 16.4 Å². The Morgan fingerprint density at radius 2 is 1.84 bits per heavy atom. The second-order valence-electron chi connectivity index (χ2n) is 6.26. The molecule has 0 amide bonds. The lowest BCUT2D eigenvalue weighted by atomic mass is 9.95. The van der Waals surface area contributed by atoms with E-state index in [4.69, 9.17) is 9.47 Å². The van der Waals surface area contributed by atoms with Gasteiger partial charge in [-0.05, 0) is 61.2 Å². The van der Waals surface area contributed by atoms with Crippen molar-refractivity contribution >= 4 is 10.0 Å². The fourth-order valence-electron chi connectivity index (χ4n) is 3.35. The molecule has 0 saturated carbocycles. The highest BCUT2D eigenvalue weighted by Gasteiger charge is 2.35. The van der Waals surface area contributed by atoms with E-state index in [1.807, 2.05) is 38.1 Å². The summed E-state index contributed by atoms with van der Waals surface area (Å²) < 4.78 is 38.7. The minimum absolute atomic E-state index is 0.221. The van der Waals surface area contributed by atoms with Crippen molar-refractivity contribution in [1.29, 1.82) is 0 Å². The van der Waals surface area contributed by atoms with E-state index in [2.05, 4.69) is 0 Å². The maximum Gasteiger partial charge on any atom is 0.247 e. The summed E-state index contributed by atoms with van der Waals surface area (Å²) in [4.78, 5) is 0.221. The lowest BCUT2D eigenvalue weighted by molar-refractivity contribution is 0.322. The van der Waals surface area contributed by atoms with Gasteiger partial charge in [-0.25, -0.2) is 8.42 Å². The summed E-state index contributed by atoms with van der Waals surface area (Å²) in [6, 6.07) is 10.8. The zero-order chi connectivity index (χ0) is 18.2. The average Bonchev–Trinajstić information content (AvgIpc) is 2.61. The molecule has 2 aromatic carbocycles. The van der Waals surface area contributed by atoms with Crippen LogP contribution in [-0.4, -0.2) is 33.5 Å². The molecule has 2 aromatic rings. The number of rotatable bonds is 4. The predicted octanol–water partition coefficient (Wildman–Crippen LogP) is 3.32. The zero-order valence-electron chi connectivity index (χ0n) is 14.9. The van der Waals surface area contributed by atoms with Gasteiger partial charge in [-0.1, -0.05) is 12.1 Å². The van der Waals surface area contributed by atoms with Gasteiger partial charge in [-0.3, -0.25) is 0 Å². The molecule has 1 aliphatic heterocycles. The standard InChI is InChI=1S/C19H23NO4S/c1-13-5-8-18(24-4)19(11-13)25(21,22)20-10-9-15-12-16(23-3)6-7-17(15)14(20)2/h5-8,11-12,14H,9-10H2,1-4H3. The molecule has 3 rings (SSSR count). The van der Waals surface area contributed by atoms with Gasteiger partial charge in [0.2, 0.25) is 10.0 Å². The van der Waals surface area contributed by atoms with E-state index in [1.54, 1.807) is 23.5 Å². The van der Waals surface area contributed by atoms with Crippen LogP contribution < -0.4 is 9.47 Å². The third-order valence-electron chi connectivity index (χ3n) is 4.74. The normalized spacial score (nSPS) is 17.8. The van der Waals surface area contributed by atoms with Gasteiger partial charge in [-0.2, -0.15) is 4.31 Å². The summed E-state index contributed by atoms with van der Waals surface area (Å²) >= 11 is 0. The Bertz CT molecular complexity index is 892. The SMILES string of the molecule is COc1ccc2c(c1)CCN(S(=O)(=O)c1cc(C)ccc1OC)C2C. The Morgan fingerprint density at radius 1 is 1.08 bits per heavy atom. The van der Waals surface area contributed by atoms with Crippen LogP contribution in [0.5, 0.6) is 11.5 Å². The van der Waals surface area contributed by atoms with Gasteiger partial charge in [0.25, 0.3) is 0 Å². The molecule has 0 fully saturated rings. The van der Waals surface area contributed by atoms with E-state index in [0.29, 0.717) is 18.7 Å². The molecule has 0 aliphatic carbocycles. The van der Waals surface area contributed by atoms with Crippen LogP contribution >= 0.6 is 0 Å². The number of nitrogens with zero attached hydrogens (tertiary/aromatic N) is 1. The highest BCUT2D eigenvalue weighted by atomic mass is 32.2. The molecule has 1 atom stereocenters. The van der Waals surface area contributed by atoms with E-state index >= 15 is 0 Å². The first-order valence-corrected chi connectivity index (χ1v) is 9.65. The van der Waals surface area contributed by atoms with Crippen LogP contribution in [0, 0.1) is 6.92 Å². The Kier molecular flexibility index (Phi) is 4.75. The number of sulfonamides is 1. The smallest absolute Gasteiger partial charge is 0.247 e. The number of methoxy groups -OCH3 is 2. The fourth-order valence-corrected chi connectivity index (χ4v) is 5.21.